The van der Waals surface area contributed by atoms with Gasteiger partial charge in [-0.25, -0.2) is 0 Å². The number of hydrogen-bond donors (Lipinski definition) is 0. The fraction of sp³-hybridized carbons (Fsp3) is 0.714. The molecular formula is C7H13NO. The summed E-state index contributed by atoms with van der Waals surface area (Å²) in [7, 11) is 0. The Hall–Kier alpha value is -0.340. The van der Waals surface area contributed by atoms with Crippen molar-refractivity contribution in [1.82, 2.24) is 0 Å². The molecule has 0 atom stereocenters. The van der Waals surface area contributed by atoms with Gasteiger partial charge in [-0.05, 0) is 6.08 Å². The van der Waals surface area contributed by atoms with Gasteiger partial charge in [0.05, 0.1) is 19.6 Å². The van der Waals surface area contributed by atoms with Crippen LogP contribution in [0, 0.1) is 5.21 Å². The molecule has 0 spiro atoms. The molecule has 0 saturated carbocycles. The van der Waals surface area contributed by atoms with E-state index < -0.39 is 0 Å². The van der Waals surface area contributed by atoms with Crippen molar-refractivity contribution in [3.8, 4) is 0 Å². The minimum atomic E-state index is -0.0243. The van der Waals surface area contributed by atoms with Crippen molar-refractivity contribution in [3.05, 3.63) is 17.9 Å². The van der Waals surface area contributed by atoms with E-state index in [1.807, 2.05) is 0 Å². The van der Waals surface area contributed by atoms with E-state index in [2.05, 4.69) is 6.58 Å². The van der Waals surface area contributed by atoms with E-state index >= 15 is 0 Å². The summed E-state index contributed by atoms with van der Waals surface area (Å²) in [4.78, 5) is 0. The monoisotopic (exact) mass is 127 g/mol. The summed E-state index contributed by atoms with van der Waals surface area (Å²) in [6.07, 6.45) is 3.91. The molecule has 0 amide bonds. The lowest BCUT2D eigenvalue weighted by atomic mass is 10.4. The Morgan fingerprint density at radius 2 is 2.00 bits per heavy atom. The highest BCUT2D eigenvalue weighted by atomic mass is 16.5. The fourth-order valence-corrected chi connectivity index (χ4v) is 1.33. The summed E-state index contributed by atoms with van der Waals surface area (Å²) in [5.41, 5.74) is 0. The van der Waals surface area contributed by atoms with E-state index in [1.165, 1.54) is 0 Å². The standard InChI is InChI=1S/C7H13NO/c1-2-5-8(9)6-3-4-7-8/h2H,1,3-7H2. The third kappa shape index (κ3) is 1.53. The lowest BCUT2D eigenvalue weighted by Crippen LogP contribution is -2.38. The van der Waals surface area contributed by atoms with Crippen LogP contribution in [0.15, 0.2) is 12.7 Å². The van der Waals surface area contributed by atoms with Gasteiger partial charge in [0.2, 0.25) is 0 Å². The zero-order valence-electron chi connectivity index (χ0n) is 5.68. The van der Waals surface area contributed by atoms with Crippen LogP contribution in [-0.2, 0) is 0 Å². The smallest absolute Gasteiger partial charge is 0.0968 e. The summed E-state index contributed by atoms with van der Waals surface area (Å²) in [6.45, 7) is 5.75. The maximum Gasteiger partial charge on any atom is 0.0968 e. The minimum Gasteiger partial charge on any atom is -0.633 e. The van der Waals surface area contributed by atoms with Crippen molar-refractivity contribution in [2.24, 2.45) is 0 Å². The largest absolute Gasteiger partial charge is 0.633 e. The first-order chi connectivity index (χ1) is 4.27. The molecule has 0 aromatic rings. The van der Waals surface area contributed by atoms with Gasteiger partial charge in [0.15, 0.2) is 0 Å². The predicted molar refractivity (Wildman–Crippen MR) is 37.7 cm³/mol. The van der Waals surface area contributed by atoms with Gasteiger partial charge in [0.25, 0.3) is 0 Å². The minimum absolute atomic E-state index is 0.0243. The molecule has 0 aliphatic carbocycles. The van der Waals surface area contributed by atoms with Crippen LogP contribution >= 0.6 is 0 Å². The van der Waals surface area contributed by atoms with Gasteiger partial charge in [-0.3, -0.25) is 0 Å². The maximum absolute atomic E-state index is 11.4. The zero-order valence-corrected chi connectivity index (χ0v) is 5.68. The van der Waals surface area contributed by atoms with Crippen molar-refractivity contribution in [2.45, 2.75) is 12.8 Å². The SMILES string of the molecule is C=CC[N+]1([O-])CCCC1. The molecule has 1 aliphatic rings. The van der Waals surface area contributed by atoms with Crippen molar-refractivity contribution >= 4 is 0 Å². The highest BCUT2D eigenvalue weighted by Crippen LogP contribution is 2.16. The Bertz CT molecular complexity index is 105. The first kappa shape index (κ1) is 6.78. The quantitative estimate of drug-likeness (QED) is 0.311. The van der Waals surface area contributed by atoms with Crippen LogP contribution in [0.3, 0.4) is 0 Å². The Balaban J connectivity index is 2.40. The van der Waals surface area contributed by atoms with Crippen LogP contribution < -0.4 is 0 Å². The summed E-state index contributed by atoms with van der Waals surface area (Å²) in [5, 5.41) is 11.4. The molecule has 1 heterocycles. The Morgan fingerprint density at radius 3 is 2.44 bits per heavy atom. The summed E-state index contributed by atoms with van der Waals surface area (Å²) in [5.74, 6) is 0. The van der Waals surface area contributed by atoms with Crippen molar-refractivity contribution in [1.29, 1.82) is 0 Å². The first-order valence-corrected chi connectivity index (χ1v) is 3.45. The molecule has 1 aliphatic heterocycles. The molecule has 0 aromatic heterocycles. The van der Waals surface area contributed by atoms with Gasteiger partial charge in [-0.15, -0.1) is 0 Å². The van der Waals surface area contributed by atoms with Crippen LogP contribution in [0.2, 0.25) is 0 Å². The Kier molecular flexibility index (Phi) is 1.88. The topological polar surface area (TPSA) is 23.1 Å². The number of likely N-dealkylation sites (tertiary alicyclic amines) is 1. The zero-order chi connectivity index (χ0) is 6.74. The highest BCUT2D eigenvalue weighted by molar-refractivity contribution is 4.68. The normalized spacial score (nSPS) is 24.1. The third-order valence-corrected chi connectivity index (χ3v) is 1.84. The van der Waals surface area contributed by atoms with Crippen LogP contribution in [0.4, 0.5) is 0 Å². The number of hydroxylamine groups is 3. The third-order valence-electron chi connectivity index (χ3n) is 1.84. The number of hydrogen-bond acceptors (Lipinski definition) is 1. The van der Waals surface area contributed by atoms with Gasteiger partial charge in [-0.2, -0.15) is 0 Å². The maximum atomic E-state index is 11.4. The van der Waals surface area contributed by atoms with Gasteiger partial charge in [0.1, 0.15) is 0 Å². The van der Waals surface area contributed by atoms with E-state index in [0.717, 1.165) is 25.9 Å². The van der Waals surface area contributed by atoms with E-state index in [1.54, 1.807) is 6.08 Å². The molecule has 0 bridgehead atoms. The number of quaternary nitrogens is 1. The molecule has 2 heteroatoms. The molecule has 9 heavy (non-hydrogen) atoms. The van der Waals surface area contributed by atoms with Gasteiger partial charge in [-0.1, -0.05) is 6.58 Å². The molecule has 0 unspecified atom stereocenters. The molecule has 1 fully saturated rings. The van der Waals surface area contributed by atoms with Crippen LogP contribution in [0.1, 0.15) is 12.8 Å². The molecule has 1 rings (SSSR count). The van der Waals surface area contributed by atoms with Crippen LogP contribution in [0.5, 0.6) is 0 Å². The number of nitrogens with zero attached hydrogens (tertiary/aromatic N) is 1. The second kappa shape index (κ2) is 2.50. The lowest BCUT2D eigenvalue weighted by Gasteiger charge is -2.37. The molecule has 0 radical (unpaired) electrons. The average molecular weight is 127 g/mol. The highest BCUT2D eigenvalue weighted by Gasteiger charge is 2.20. The average Bonchev–Trinajstić information content (AvgIpc) is 2.16. The lowest BCUT2D eigenvalue weighted by molar-refractivity contribution is -0.862. The first-order valence-electron chi connectivity index (χ1n) is 3.45. The van der Waals surface area contributed by atoms with E-state index in [-0.39, 0.29) is 4.65 Å². The second-order valence-corrected chi connectivity index (χ2v) is 2.68. The van der Waals surface area contributed by atoms with E-state index in [4.69, 9.17) is 0 Å². The van der Waals surface area contributed by atoms with Crippen molar-refractivity contribution in [3.63, 3.8) is 0 Å². The Labute approximate surface area is 56.0 Å². The van der Waals surface area contributed by atoms with Crippen molar-refractivity contribution in [2.75, 3.05) is 19.6 Å². The molecule has 2 nitrogen and oxygen atoms in total. The summed E-state index contributed by atoms with van der Waals surface area (Å²) < 4.78 is -0.0243. The van der Waals surface area contributed by atoms with Crippen LogP contribution in [-0.4, -0.2) is 24.3 Å². The van der Waals surface area contributed by atoms with Gasteiger partial charge >= 0.3 is 0 Å². The van der Waals surface area contributed by atoms with Crippen molar-refractivity contribution < 1.29 is 4.65 Å². The van der Waals surface area contributed by atoms with Crippen LogP contribution in [0.25, 0.3) is 0 Å². The summed E-state index contributed by atoms with van der Waals surface area (Å²) >= 11 is 0. The molecule has 0 N–H and O–H groups in total. The molecule has 52 valence electrons. The van der Waals surface area contributed by atoms with E-state index in [9.17, 15) is 5.21 Å². The number of rotatable bonds is 2. The second-order valence-electron chi connectivity index (χ2n) is 2.68. The molecular weight excluding hydrogens is 114 g/mol. The van der Waals surface area contributed by atoms with Gasteiger partial charge in [0, 0.05) is 12.8 Å². The predicted octanol–water partition coefficient (Wildman–Crippen LogP) is 1.28. The summed E-state index contributed by atoms with van der Waals surface area (Å²) in [6, 6.07) is 0. The molecule has 1 saturated heterocycles. The fourth-order valence-electron chi connectivity index (χ4n) is 1.33. The molecule has 0 aromatic carbocycles. The van der Waals surface area contributed by atoms with E-state index in [0.29, 0.717) is 6.54 Å². The van der Waals surface area contributed by atoms with Gasteiger partial charge < -0.3 is 9.85 Å². The Morgan fingerprint density at radius 1 is 1.44 bits per heavy atom.